The molecular weight excluding hydrogens is 1170 g/mol. The predicted octanol–water partition coefficient (Wildman–Crippen LogP) is -1.67. The summed E-state index contributed by atoms with van der Waals surface area (Å²) in [6.45, 7) is -2.38. The largest absolute Gasteiger partial charge is 0.470 e. The highest BCUT2D eigenvalue weighted by Gasteiger charge is 2.58. The molecule has 0 bridgehead atoms. The van der Waals surface area contributed by atoms with E-state index in [1.165, 1.54) is 28.4 Å². The summed E-state index contributed by atoms with van der Waals surface area (Å²) in [5.74, 6) is -1.63. The van der Waals surface area contributed by atoms with Gasteiger partial charge in [0.15, 0.2) is 0 Å². The van der Waals surface area contributed by atoms with Gasteiger partial charge < -0.3 is 128 Å². The Morgan fingerprint density at radius 1 is 0.325 bits per heavy atom. The summed E-state index contributed by atoms with van der Waals surface area (Å²) < 4.78 is 185. The Morgan fingerprint density at radius 3 is 0.779 bits per heavy atom. The van der Waals surface area contributed by atoms with Crippen LogP contribution in [-0.4, -0.2) is 273 Å². The Labute approximate surface area is 447 Å². The van der Waals surface area contributed by atoms with E-state index in [1.54, 1.807) is 0 Å². The lowest BCUT2D eigenvalue weighted by molar-refractivity contribution is -0.244. The molecule has 0 spiro atoms. The van der Waals surface area contributed by atoms with Crippen LogP contribution in [0.2, 0.25) is 0 Å². The van der Waals surface area contributed by atoms with E-state index >= 15 is 0 Å². The van der Waals surface area contributed by atoms with Gasteiger partial charge in [0.25, 0.3) is 0 Å². The van der Waals surface area contributed by atoms with E-state index in [9.17, 15) is 66.5 Å². The first-order valence-corrected chi connectivity index (χ1v) is 32.0. The van der Waals surface area contributed by atoms with Crippen molar-refractivity contribution in [1.29, 1.82) is 0 Å². The van der Waals surface area contributed by atoms with Crippen molar-refractivity contribution in [1.82, 2.24) is 0 Å². The van der Waals surface area contributed by atoms with Crippen LogP contribution in [0.4, 0.5) is 0 Å². The smallest absolute Gasteiger partial charge is 0.382 e. The van der Waals surface area contributed by atoms with Gasteiger partial charge >= 0.3 is 48.4 Å². The third-order valence-electron chi connectivity index (χ3n) is 10.7. The minimum absolute atomic E-state index is 0.0941. The van der Waals surface area contributed by atoms with Crippen LogP contribution in [-0.2, 0) is 121 Å². The Bertz CT molecular complexity index is 1640. The molecular formula is C37H78O34P6. The first-order chi connectivity index (χ1) is 36.7. The first-order valence-electron chi connectivity index (χ1n) is 23.6. The molecule has 0 heterocycles. The zero-order valence-electron chi connectivity index (χ0n) is 42.9. The lowest BCUT2D eigenvalue weighted by Crippen LogP contribution is -2.66. The average molecular weight is 1250 g/mol. The first kappa shape index (κ1) is 73.4. The summed E-state index contributed by atoms with van der Waals surface area (Å²) in [6, 6.07) is 0. The quantitative estimate of drug-likeness (QED) is 0.0249. The molecule has 2 rings (SSSR count). The topological polar surface area (TPSA) is 449 Å². The van der Waals surface area contributed by atoms with Crippen molar-refractivity contribution >= 4 is 48.4 Å². The lowest BCUT2D eigenvalue weighted by Gasteiger charge is -2.49. The Morgan fingerprint density at radius 2 is 0.545 bits per heavy atom. The lowest BCUT2D eigenvalue weighted by atomic mass is 9.79. The molecule has 8 N–H and O–H groups in total. The van der Waals surface area contributed by atoms with Gasteiger partial charge in [-0.1, -0.05) is 0 Å². The molecule has 2 saturated carbocycles. The maximum absolute atomic E-state index is 12.8. The highest BCUT2D eigenvalue weighted by atomic mass is 31.2. The molecule has 77 heavy (non-hydrogen) atoms. The van der Waals surface area contributed by atoms with E-state index in [1.807, 2.05) is 0 Å². The Balaban J connectivity index is 2.51. The van der Waals surface area contributed by atoms with Gasteiger partial charge in [0.05, 0.1) is 151 Å². The minimum Gasteiger partial charge on any atom is -0.382 e. The van der Waals surface area contributed by atoms with Crippen LogP contribution < -0.4 is 0 Å². The number of phosphoric acid groups is 1. The van der Waals surface area contributed by atoms with Crippen molar-refractivity contribution in [3.63, 3.8) is 0 Å². The van der Waals surface area contributed by atoms with Crippen LogP contribution in [0.1, 0.15) is 0 Å². The zero-order valence-corrected chi connectivity index (χ0v) is 48.7. The minimum atomic E-state index is -5.57. The summed E-state index contributed by atoms with van der Waals surface area (Å²) >= 11 is 0. The second-order valence-corrected chi connectivity index (χ2v) is 22.0. The molecule has 0 aliphatic heterocycles. The van der Waals surface area contributed by atoms with E-state index in [2.05, 4.69) is 0 Å². The van der Waals surface area contributed by atoms with Gasteiger partial charge in [-0.3, -0.25) is 27.3 Å². The summed E-state index contributed by atoms with van der Waals surface area (Å²) in [5, 5.41) is 0. The zero-order chi connectivity index (χ0) is 57.2. The molecule has 40 heteroatoms. The second-order valence-electron chi connectivity index (χ2n) is 16.0. The van der Waals surface area contributed by atoms with Gasteiger partial charge in [-0.25, -0.2) is 4.57 Å². The van der Waals surface area contributed by atoms with Crippen molar-refractivity contribution in [3.8, 4) is 0 Å². The standard InChI is InChI=1S/C37H78O34P6/c1-52-5-9-56-13-19-61-27-26(25-76(46,47)48)28(37(71-77(49,50)51)32(33(27)67-72(38)39)66-24-17-59-12-8-55-4)62-20-14-60-18-23-65-31-35(69-74(42)43)29(63-21-15-57-10-6-53-2)34(68-73(40)41)30(36(31)70-75(44)45)64-22-16-58-11-7-54-3/h26-37,72-75H,5-25H2,1-4H3,(H,38,39)(H,40,41)(H,42,43)(H,44,45)(H2,46,47,48)(H2,49,50,51)/t26-,27-,28-,29-,30+,31+,32-,33+,34-,35+,36-,37-/m0/s1. The molecule has 460 valence electrons. The van der Waals surface area contributed by atoms with Crippen LogP contribution in [0, 0.1) is 5.92 Å². The number of hydrogen-bond acceptors (Lipinski definition) is 26. The number of rotatable bonds is 48. The molecule has 2 aliphatic carbocycles. The van der Waals surface area contributed by atoms with Gasteiger partial charge in [0, 0.05) is 34.4 Å². The van der Waals surface area contributed by atoms with Gasteiger partial charge in [0.1, 0.15) is 54.9 Å². The van der Waals surface area contributed by atoms with E-state index in [0.717, 1.165) is 0 Å². The maximum Gasteiger partial charge on any atom is 0.470 e. The van der Waals surface area contributed by atoms with Gasteiger partial charge in [0.2, 0.25) is 0 Å². The average Bonchev–Trinajstić information content (AvgIpc) is 3.33. The van der Waals surface area contributed by atoms with Crippen LogP contribution in [0.15, 0.2) is 0 Å². The molecule has 0 radical (unpaired) electrons. The van der Waals surface area contributed by atoms with Crippen LogP contribution >= 0.6 is 48.4 Å². The molecule has 0 amide bonds. The van der Waals surface area contributed by atoms with Crippen molar-refractivity contribution in [2.45, 2.75) is 67.1 Å². The summed E-state index contributed by atoms with van der Waals surface area (Å²) in [5.41, 5.74) is 0. The predicted molar refractivity (Wildman–Crippen MR) is 262 cm³/mol. The normalized spacial score (nSPS) is 27.9. The Hall–Kier alpha value is 0.260. The van der Waals surface area contributed by atoms with Gasteiger partial charge in [-0.2, -0.15) is 0 Å². The summed E-state index contributed by atoms with van der Waals surface area (Å²) in [6.07, 6.45) is -20.2. The van der Waals surface area contributed by atoms with Crippen LogP contribution in [0.25, 0.3) is 0 Å². The summed E-state index contributed by atoms with van der Waals surface area (Å²) in [4.78, 5) is 81.1. The molecule has 0 saturated heterocycles. The number of phosphoric ester groups is 1. The number of hydrogen-bond donors (Lipinski definition) is 8. The third kappa shape index (κ3) is 31.1. The SMILES string of the molecule is COCCOCCO[C@@H]1[C@@H](O[PH](=O)O)[C@H](OCCOCCOC)[C@@H](O[PH](=O)O)[C@@H](OCCOCCO[C@H]2[C@@H](CP(=O)(O)O)[C@H](OCCOCCOC)[C@@H](O[PH](=O)O)[C@H](OCCOCCOC)[C@H]2OP(=O)(O)O)[C@H]1O[PH](=O)O. The maximum atomic E-state index is 12.8. The molecule has 2 aliphatic rings. The monoisotopic (exact) mass is 1250 g/mol. The number of ether oxygens (including phenoxy) is 15. The molecule has 4 unspecified atom stereocenters. The van der Waals surface area contributed by atoms with E-state index in [0.29, 0.717) is 0 Å². The number of methoxy groups -OCH3 is 4. The Kier molecular flexibility index (Phi) is 40.1. The highest BCUT2D eigenvalue weighted by Crippen LogP contribution is 2.50. The van der Waals surface area contributed by atoms with Crippen LogP contribution in [0.5, 0.6) is 0 Å². The highest BCUT2D eigenvalue weighted by molar-refractivity contribution is 7.51. The second kappa shape index (κ2) is 42.1. The molecule has 0 aromatic carbocycles. The molecule has 34 nitrogen and oxygen atoms in total. The van der Waals surface area contributed by atoms with Crippen molar-refractivity contribution in [2.75, 3.05) is 167 Å². The van der Waals surface area contributed by atoms with Crippen molar-refractivity contribution < 1.29 is 160 Å². The summed E-state index contributed by atoms with van der Waals surface area (Å²) in [7, 11) is -20.7. The van der Waals surface area contributed by atoms with Crippen LogP contribution in [0.3, 0.4) is 0 Å². The molecule has 0 aromatic heterocycles. The molecule has 2 fully saturated rings. The van der Waals surface area contributed by atoms with E-state index < -0.39 is 154 Å². The fourth-order valence-corrected chi connectivity index (χ4v) is 11.4. The van der Waals surface area contributed by atoms with E-state index in [4.69, 9.17) is 93.7 Å². The molecule has 0 aromatic rings. The van der Waals surface area contributed by atoms with Gasteiger partial charge in [-0.15, -0.1) is 0 Å². The van der Waals surface area contributed by atoms with Crippen molar-refractivity contribution in [3.05, 3.63) is 0 Å². The van der Waals surface area contributed by atoms with Crippen molar-refractivity contribution in [2.24, 2.45) is 5.92 Å². The molecule has 16 atom stereocenters. The van der Waals surface area contributed by atoms with Gasteiger partial charge in [-0.05, 0) is 0 Å². The van der Waals surface area contributed by atoms with E-state index in [-0.39, 0.29) is 106 Å². The fourth-order valence-electron chi connectivity index (χ4n) is 7.85. The third-order valence-corrected chi connectivity index (χ3v) is 14.0. The fraction of sp³-hybridized carbons (Fsp3) is 1.00.